The molecular formula is C22H24Br3N3O4S. The molecule has 2 aromatic rings. The van der Waals surface area contributed by atoms with Gasteiger partial charge in [0, 0.05) is 8.95 Å². The molecule has 0 aliphatic heterocycles. The van der Waals surface area contributed by atoms with Crippen LogP contribution in [0.15, 0.2) is 49.8 Å². The molecule has 7 nitrogen and oxygen atoms in total. The van der Waals surface area contributed by atoms with Crippen molar-refractivity contribution < 1.29 is 19.1 Å². The number of ether oxygens (including phenoxy) is 2. The van der Waals surface area contributed by atoms with Crippen molar-refractivity contribution in [3.63, 3.8) is 0 Å². The number of halogens is 3. The van der Waals surface area contributed by atoms with Crippen molar-refractivity contribution in [1.82, 2.24) is 16.2 Å². The topological polar surface area (TPSA) is 88.7 Å². The molecule has 3 N–H and O–H groups in total. The van der Waals surface area contributed by atoms with Crippen LogP contribution < -0.4 is 25.6 Å². The summed E-state index contributed by atoms with van der Waals surface area (Å²) in [5.41, 5.74) is 5.21. The first-order chi connectivity index (χ1) is 15.8. The minimum Gasteiger partial charge on any atom is -0.493 e. The van der Waals surface area contributed by atoms with Gasteiger partial charge in [0.2, 0.25) is 0 Å². The summed E-state index contributed by atoms with van der Waals surface area (Å²) in [6, 6.07) is 10.5. The lowest BCUT2D eigenvalue weighted by atomic mass is 10.2. The van der Waals surface area contributed by atoms with Crippen LogP contribution in [0.2, 0.25) is 0 Å². The number of hydrazine groups is 1. The van der Waals surface area contributed by atoms with Gasteiger partial charge in [-0.2, -0.15) is 0 Å². The number of amides is 2. The van der Waals surface area contributed by atoms with Gasteiger partial charge in [0.15, 0.2) is 11.7 Å². The van der Waals surface area contributed by atoms with E-state index < -0.39 is 11.8 Å². The molecule has 2 aromatic carbocycles. The van der Waals surface area contributed by atoms with Gasteiger partial charge in [-0.1, -0.05) is 58.0 Å². The molecule has 0 atom stereocenters. The maximum absolute atomic E-state index is 12.7. The normalized spacial score (nSPS) is 10.3. The third-order valence-corrected chi connectivity index (χ3v) is 6.05. The fourth-order valence-corrected chi connectivity index (χ4v) is 4.28. The van der Waals surface area contributed by atoms with Crippen LogP contribution in [0.5, 0.6) is 11.5 Å². The van der Waals surface area contributed by atoms with E-state index in [9.17, 15) is 9.59 Å². The largest absolute Gasteiger partial charge is 0.493 e. The van der Waals surface area contributed by atoms with Crippen LogP contribution >= 0.6 is 60.0 Å². The van der Waals surface area contributed by atoms with Gasteiger partial charge in [0.05, 0.1) is 16.6 Å². The molecule has 0 unspecified atom stereocenters. The van der Waals surface area contributed by atoms with Gasteiger partial charge in [-0.15, -0.1) is 0 Å². The molecular weight excluding hydrogens is 642 g/mol. The summed E-state index contributed by atoms with van der Waals surface area (Å²) in [5, 5.41) is 2.47. The maximum atomic E-state index is 12.7. The van der Waals surface area contributed by atoms with Crippen molar-refractivity contribution in [3.05, 3.63) is 55.4 Å². The summed E-state index contributed by atoms with van der Waals surface area (Å²) < 4.78 is 13.6. The van der Waals surface area contributed by atoms with E-state index in [1.807, 2.05) is 0 Å². The highest BCUT2D eigenvalue weighted by Crippen LogP contribution is 2.28. The Balaban J connectivity index is 1.82. The van der Waals surface area contributed by atoms with Crippen molar-refractivity contribution >= 4 is 76.9 Å². The van der Waals surface area contributed by atoms with E-state index in [-0.39, 0.29) is 11.7 Å². The molecule has 0 aliphatic rings. The summed E-state index contributed by atoms with van der Waals surface area (Å²) >= 11 is 15.2. The minimum atomic E-state index is -0.472. The Morgan fingerprint density at radius 2 is 1.61 bits per heavy atom. The lowest BCUT2D eigenvalue weighted by Gasteiger charge is -2.14. The number of carbonyl (C=O) groups excluding carboxylic acids is 2. The molecule has 0 spiro atoms. The van der Waals surface area contributed by atoms with Crippen molar-refractivity contribution in [1.29, 1.82) is 0 Å². The number of thiocarbonyl (C=S) groups is 1. The number of hydrogen-bond acceptors (Lipinski definition) is 5. The Morgan fingerprint density at radius 1 is 0.909 bits per heavy atom. The minimum absolute atomic E-state index is 0.0629. The number of unbranched alkanes of at least 4 members (excludes halogenated alkanes) is 3. The van der Waals surface area contributed by atoms with Gasteiger partial charge in [-0.05, 0) is 71.0 Å². The molecule has 0 bridgehead atoms. The van der Waals surface area contributed by atoms with Crippen LogP contribution in [-0.2, 0) is 4.79 Å². The van der Waals surface area contributed by atoms with Crippen LogP contribution in [0.3, 0.4) is 0 Å². The van der Waals surface area contributed by atoms with Crippen molar-refractivity contribution in [3.8, 4) is 11.5 Å². The summed E-state index contributed by atoms with van der Waals surface area (Å²) in [6.07, 6.45) is 4.27. The Hall–Kier alpha value is -1.69. The molecule has 2 amide bonds. The predicted octanol–water partition coefficient (Wildman–Crippen LogP) is 5.65. The molecule has 0 radical (unpaired) electrons. The fourth-order valence-electron chi connectivity index (χ4n) is 2.62. The molecule has 2 rings (SSSR count). The molecule has 0 aliphatic carbocycles. The first-order valence-corrected chi connectivity index (χ1v) is 13.0. The molecule has 0 heterocycles. The summed E-state index contributed by atoms with van der Waals surface area (Å²) in [6.45, 7) is 2.42. The third-order valence-electron chi connectivity index (χ3n) is 4.24. The lowest BCUT2D eigenvalue weighted by Crippen LogP contribution is -2.49. The summed E-state index contributed by atoms with van der Waals surface area (Å²) in [4.78, 5) is 24.7. The van der Waals surface area contributed by atoms with E-state index in [2.05, 4.69) is 70.9 Å². The van der Waals surface area contributed by atoms with E-state index >= 15 is 0 Å². The second-order valence-corrected chi connectivity index (χ2v) is 9.96. The van der Waals surface area contributed by atoms with Crippen LogP contribution in [0.4, 0.5) is 0 Å². The molecule has 178 valence electrons. The van der Waals surface area contributed by atoms with Crippen LogP contribution in [0.25, 0.3) is 0 Å². The van der Waals surface area contributed by atoms with Gasteiger partial charge >= 0.3 is 0 Å². The van der Waals surface area contributed by atoms with Gasteiger partial charge in [0.1, 0.15) is 11.5 Å². The first kappa shape index (κ1) is 27.6. The third kappa shape index (κ3) is 9.99. The van der Waals surface area contributed by atoms with Gasteiger partial charge in [0.25, 0.3) is 11.8 Å². The predicted molar refractivity (Wildman–Crippen MR) is 142 cm³/mol. The second kappa shape index (κ2) is 14.5. The lowest BCUT2D eigenvalue weighted by molar-refractivity contribution is -0.123. The zero-order valence-electron chi connectivity index (χ0n) is 17.9. The van der Waals surface area contributed by atoms with E-state index in [0.29, 0.717) is 28.1 Å². The van der Waals surface area contributed by atoms with E-state index in [0.717, 1.165) is 34.6 Å². The quantitative estimate of drug-likeness (QED) is 0.173. The number of nitrogens with one attached hydrogen (secondary N) is 3. The monoisotopic (exact) mass is 663 g/mol. The highest BCUT2D eigenvalue weighted by atomic mass is 79.9. The smallest absolute Gasteiger partial charge is 0.276 e. The second-order valence-electron chi connectivity index (χ2n) is 6.87. The van der Waals surface area contributed by atoms with Crippen LogP contribution in [0.1, 0.15) is 43.0 Å². The highest BCUT2D eigenvalue weighted by molar-refractivity contribution is 9.11. The zero-order valence-corrected chi connectivity index (χ0v) is 23.5. The van der Waals surface area contributed by atoms with E-state index in [4.69, 9.17) is 21.7 Å². The van der Waals surface area contributed by atoms with E-state index in [1.165, 1.54) is 0 Å². The van der Waals surface area contributed by atoms with Gasteiger partial charge < -0.3 is 9.47 Å². The van der Waals surface area contributed by atoms with Gasteiger partial charge in [-0.3, -0.25) is 25.8 Å². The highest BCUT2D eigenvalue weighted by Gasteiger charge is 2.15. The molecule has 0 saturated carbocycles. The Labute approximate surface area is 223 Å². The summed E-state index contributed by atoms with van der Waals surface area (Å²) in [7, 11) is 0. The fraction of sp³-hybridized carbons (Fsp3) is 0.318. The van der Waals surface area contributed by atoms with Crippen molar-refractivity contribution in [2.45, 2.75) is 32.6 Å². The average Bonchev–Trinajstić information content (AvgIpc) is 2.77. The Bertz CT molecular complexity index is 991. The first-order valence-electron chi connectivity index (χ1n) is 10.2. The molecule has 0 saturated heterocycles. The molecule has 0 aromatic heterocycles. The maximum Gasteiger partial charge on any atom is 0.276 e. The van der Waals surface area contributed by atoms with Crippen LogP contribution in [-0.4, -0.2) is 30.1 Å². The van der Waals surface area contributed by atoms with E-state index in [1.54, 1.807) is 36.4 Å². The van der Waals surface area contributed by atoms with Crippen molar-refractivity contribution in [2.24, 2.45) is 0 Å². The molecule has 0 fully saturated rings. The Kier molecular flexibility index (Phi) is 12.1. The SMILES string of the molecule is CCCCCCOc1ccc(Br)cc1C(=O)NC(=S)NNC(=O)COc1ccc(Br)cc1Br. The molecule has 11 heteroatoms. The standard InChI is InChI=1S/C22H24Br3N3O4S/c1-2-3-4-5-10-31-18-8-6-14(23)11-16(18)21(30)26-22(33)28-27-20(29)13-32-19-9-7-15(24)12-17(19)25/h6-9,11-12H,2-5,10,13H2,1H3,(H,27,29)(H2,26,28,30,33). The number of benzene rings is 2. The zero-order chi connectivity index (χ0) is 24.2. The number of rotatable bonds is 10. The average molecular weight is 666 g/mol. The van der Waals surface area contributed by atoms with Crippen molar-refractivity contribution in [2.75, 3.05) is 13.2 Å². The number of carbonyl (C=O) groups is 2. The van der Waals surface area contributed by atoms with Crippen LogP contribution in [0, 0.1) is 0 Å². The number of hydrogen-bond donors (Lipinski definition) is 3. The van der Waals surface area contributed by atoms with Gasteiger partial charge in [-0.25, -0.2) is 0 Å². The molecule has 33 heavy (non-hydrogen) atoms. The summed E-state index contributed by atoms with van der Waals surface area (Å²) in [5.74, 6) is 0.0511. The Morgan fingerprint density at radius 3 is 2.30 bits per heavy atom.